The highest BCUT2D eigenvalue weighted by Gasteiger charge is 2.21. The third kappa shape index (κ3) is 6.31. The topological polar surface area (TPSA) is 41.6 Å². The minimum Gasteiger partial charge on any atom is -0.435 e. The second kappa shape index (κ2) is 9.67. The van der Waals surface area contributed by atoms with E-state index >= 15 is 0 Å². The number of rotatable bonds is 6. The highest BCUT2D eigenvalue weighted by molar-refractivity contribution is 5.85. The Kier molecular flexibility index (Phi) is 8.26. The van der Waals surface area contributed by atoms with Crippen molar-refractivity contribution in [2.45, 2.75) is 38.3 Å². The summed E-state index contributed by atoms with van der Waals surface area (Å²) in [7, 11) is 1.86. The Morgan fingerprint density at radius 1 is 1.30 bits per heavy atom. The van der Waals surface area contributed by atoms with Gasteiger partial charge in [0.2, 0.25) is 5.91 Å². The van der Waals surface area contributed by atoms with Gasteiger partial charge < -0.3 is 15.0 Å². The number of aryl methyl sites for hydroxylation is 1. The molecule has 1 heterocycles. The van der Waals surface area contributed by atoms with Crippen molar-refractivity contribution in [2.24, 2.45) is 0 Å². The maximum atomic E-state index is 12.2. The molecule has 2 rings (SSSR count). The maximum absolute atomic E-state index is 12.2. The molecular formula is C16H23ClF2N2O2. The standard InChI is InChI=1S/C16H22F2N2O2.ClH/c1-20(13-8-10-19-11-9-13)15(21)7-4-12-2-5-14(6-3-12)22-16(17)18;/h2-3,5-6,13,16,19H,4,7-11H2,1H3;1H. The average molecular weight is 349 g/mol. The first-order valence-electron chi connectivity index (χ1n) is 7.56. The molecule has 4 nitrogen and oxygen atoms in total. The van der Waals surface area contributed by atoms with Crippen LogP contribution in [0.2, 0.25) is 0 Å². The number of hydrogen-bond donors (Lipinski definition) is 1. The molecule has 0 saturated carbocycles. The molecule has 0 unspecified atom stereocenters. The van der Waals surface area contributed by atoms with Crippen molar-refractivity contribution in [3.8, 4) is 5.75 Å². The van der Waals surface area contributed by atoms with Crippen molar-refractivity contribution in [2.75, 3.05) is 20.1 Å². The van der Waals surface area contributed by atoms with Gasteiger partial charge in [0.25, 0.3) is 0 Å². The first kappa shape index (κ1) is 19.6. The van der Waals surface area contributed by atoms with Gasteiger partial charge in [-0.15, -0.1) is 12.4 Å². The second-order valence-electron chi connectivity index (χ2n) is 5.51. The van der Waals surface area contributed by atoms with Gasteiger partial charge >= 0.3 is 6.61 Å². The van der Waals surface area contributed by atoms with Crippen LogP contribution in [-0.2, 0) is 11.2 Å². The lowest BCUT2D eigenvalue weighted by Crippen LogP contribution is -2.44. The van der Waals surface area contributed by atoms with E-state index in [2.05, 4.69) is 10.1 Å². The van der Waals surface area contributed by atoms with Gasteiger partial charge in [-0.2, -0.15) is 8.78 Å². The van der Waals surface area contributed by atoms with Gasteiger partial charge in [0.05, 0.1) is 0 Å². The van der Waals surface area contributed by atoms with Crippen molar-refractivity contribution >= 4 is 18.3 Å². The number of halogens is 3. The number of nitrogens with zero attached hydrogens (tertiary/aromatic N) is 1. The molecule has 1 amide bonds. The Hall–Kier alpha value is -1.40. The Balaban J connectivity index is 0.00000264. The van der Waals surface area contributed by atoms with Crippen LogP contribution in [0.1, 0.15) is 24.8 Å². The number of carbonyl (C=O) groups is 1. The normalized spacial score (nSPS) is 15.1. The summed E-state index contributed by atoms with van der Waals surface area (Å²) in [5.41, 5.74) is 0.939. The van der Waals surface area contributed by atoms with E-state index < -0.39 is 6.61 Å². The molecule has 0 spiro atoms. The number of alkyl halides is 2. The molecule has 1 aliphatic rings. The molecule has 23 heavy (non-hydrogen) atoms. The zero-order valence-corrected chi connectivity index (χ0v) is 14.0. The summed E-state index contributed by atoms with van der Waals surface area (Å²) in [4.78, 5) is 14.1. The van der Waals surface area contributed by atoms with E-state index in [0.29, 0.717) is 18.9 Å². The van der Waals surface area contributed by atoms with E-state index in [0.717, 1.165) is 31.5 Å². The van der Waals surface area contributed by atoms with Crippen molar-refractivity contribution in [1.29, 1.82) is 0 Å². The van der Waals surface area contributed by atoms with Gasteiger partial charge in [0, 0.05) is 19.5 Å². The summed E-state index contributed by atoms with van der Waals surface area (Å²) < 4.78 is 28.4. The minimum absolute atomic E-state index is 0. The highest BCUT2D eigenvalue weighted by atomic mass is 35.5. The van der Waals surface area contributed by atoms with Crippen LogP contribution in [0.25, 0.3) is 0 Å². The number of piperidine rings is 1. The second-order valence-corrected chi connectivity index (χ2v) is 5.51. The summed E-state index contributed by atoms with van der Waals surface area (Å²) in [6, 6.07) is 6.76. The summed E-state index contributed by atoms with van der Waals surface area (Å²) >= 11 is 0. The minimum atomic E-state index is -2.81. The van der Waals surface area contributed by atoms with Crippen LogP contribution in [-0.4, -0.2) is 43.6 Å². The van der Waals surface area contributed by atoms with E-state index in [1.54, 1.807) is 12.1 Å². The van der Waals surface area contributed by atoms with Crippen molar-refractivity contribution in [1.82, 2.24) is 10.2 Å². The van der Waals surface area contributed by atoms with Gasteiger partial charge in [0.15, 0.2) is 0 Å². The molecule has 0 aliphatic carbocycles. The molecule has 0 aromatic heterocycles. The fourth-order valence-corrected chi connectivity index (χ4v) is 2.66. The zero-order chi connectivity index (χ0) is 15.9. The molecule has 7 heteroatoms. The van der Waals surface area contributed by atoms with Crippen molar-refractivity contribution in [3.63, 3.8) is 0 Å². The predicted molar refractivity (Wildman–Crippen MR) is 87.3 cm³/mol. The van der Waals surface area contributed by atoms with Crippen LogP contribution < -0.4 is 10.1 Å². The number of nitrogens with one attached hydrogen (secondary N) is 1. The Labute approximate surface area is 141 Å². The number of hydrogen-bond acceptors (Lipinski definition) is 3. The summed E-state index contributed by atoms with van der Waals surface area (Å²) in [6.07, 6.45) is 3.00. The molecular weight excluding hydrogens is 326 g/mol. The highest BCUT2D eigenvalue weighted by Crippen LogP contribution is 2.17. The summed E-state index contributed by atoms with van der Waals surface area (Å²) in [5.74, 6) is 0.261. The monoisotopic (exact) mass is 348 g/mol. The molecule has 1 aromatic rings. The van der Waals surface area contributed by atoms with Gasteiger partial charge in [-0.3, -0.25) is 4.79 Å². The maximum Gasteiger partial charge on any atom is 0.387 e. The first-order chi connectivity index (χ1) is 10.6. The molecule has 1 saturated heterocycles. The van der Waals surface area contributed by atoms with Crippen LogP contribution in [0.3, 0.4) is 0 Å². The number of amides is 1. The fraction of sp³-hybridized carbons (Fsp3) is 0.562. The number of ether oxygens (including phenoxy) is 1. The zero-order valence-electron chi connectivity index (χ0n) is 13.1. The first-order valence-corrected chi connectivity index (χ1v) is 7.56. The lowest BCUT2D eigenvalue weighted by atomic mass is 10.0. The van der Waals surface area contributed by atoms with Crippen LogP contribution in [0, 0.1) is 0 Å². The third-order valence-electron chi connectivity index (χ3n) is 4.03. The van der Waals surface area contributed by atoms with Crippen LogP contribution in [0.5, 0.6) is 5.75 Å². The van der Waals surface area contributed by atoms with E-state index in [-0.39, 0.29) is 24.1 Å². The van der Waals surface area contributed by atoms with Crippen molar-refractivity contribution < 1.29 is 18.3 Å². The van der Waals surface area contributed by atoms with Crippen LogP contribution in [0.4, 0.5) is 8.78 Å². The predicted octanol–water partition coefficient (Wildman–Crippen LogP) is 2.85. The van der Waals surface area contributed by atoms with Crippen molar-refractivity contribution in [3.05, 3.63) is 29.8 Å². The molecule has 1 aromatic carbocycles. The lowest BCUT2D eigenvalue weighted by Gasteiger charge is -2.31. The molecule has 130 valence electrons. The smallest absolute Gasteiger partial charge is 0.387 e. The molecule has 0 radical (unpaired) electrons. The Bertz CT molecular complexity index is 479. The van der Waals surface area contributed by atoms with Gasteiger partial charge in [-0.25, -0.2) is 0 Å². The quantitative estimate of drug-likeness (QED) is 0.859. The van der Waals surface area contributed by atoms with E-state index in [4.69, 9.17) is 0 Å². The molecule has 0 bridgehead atoms. The number of benzene rings is 1. The van der Waals surface area contributed by atoms with E-state index in [1.165, 1.54) is 12.1 Å². The Morgan fingerprint density at radius 2 is 1.91 bits per heavy atom. The largest absolute Gasteiger partial charge is 0.435 e. The Morgan fingerprint density at radius 3 is 2.48 bits per heavy atom. The summed E-state index contributed by atoms with van der Waals surface area (Å²) in [6.45, 7) is -0.909. The van der Waals surface area contributed by atoms with Gasteiger partial charge in [0.1, 0.15) is 5.75 Å². The van der Waals surface area contributed by atoms with E-state index in [1.807, 2.05) is 11.9 Å². The molecule has 1 N–H and O–H groups in total. The fourth-order valence-electron chi connectivity index (χ4n) is 2.66. The van der Waals surface area contributed by atoms with E-state index in [9.17, 15) is 13.6 Å². The number of carbonyl (C=O) groups excluding carboxylic acids is 1. The van der Waals surface area contributed by atoms with Gasteiger partial charge in [-0.05, 0) is 50.0 Å². The molecule has 1 fully saturated rings. The van der Waals surface area contributed by atoms with Crippen LogP contribution in [0.15, 0.2) is 24.3 Å². The van der Waals surface area contributed by atoms with Gasteiger partial charge in [-0.1, -0.05) is 12.1 Å². The molecule has 0 atom stereocenters. The summed E-state index contributed by atoms with van der Waals surface area (Å²) in [5, 5.41) is 3.28. The molecule has 1 aliphatic heterocycles. The lowest BCUT2D eigenvalue weighted by molar-refractivity contribution is -0.132. The van der Waals surface area contributed by atoms with Crippen LogP contribution >= 0.6 is 12.4 Å². The third-order valence-corrected chi connectivity index (χ3v) is 4.03. The average Bonchev–Trinajstić information content (AvgIpc) is 2.53. The SMILES string of the molecule is CN(C(=O)CCc1ccc(OC(F)F)cc1)C1CCNCC1.Cl.